The minimum Gasteiger partial charge on any atom is -0.256 e. The fourth-order valence-corrected chi connectivity index (χ4v) is 6.36. The van der Waals surface area contributed by atoms with Gasteiger partial charge in [0.2, 0.25) is 0 Å². The molecular weight excluding hydrogens is 386 g/mol. The average Bonchev–Trinajstić information content (AvgIpc) is 3.38. The van der Waals surface area contributed by atoms with Gasteiger partial charge in [-0.25, -0.2) is 0 Å². The highest BCUT2D eigenvalue weighted by Gasteiger charge is 2.29. The van der Waals surface area contributed by atoms with Crippen LogP contribution in [-0.4, -0.2) is 4.98 Å². The van der Waals surface area contributed by atoms with E-state index in [9.17, 15) is 0 Å². The summed E-state index contributed by atoms with van der Waals surface area (Å²) >= 11 is 0. The molecule has 0 aliphatic heterocycles. The first-order chi connectivity index (χ1) is 15.8. The van der Waals surface area contributed by atoms with Gasteiger partial charge in [-0.05, 0) is 113 Å². The minimum absolute atomic E-state index is 0.734. The molecule has 3 aliphatic carbocycles. The number of rotatable bonds is 3. The van der Waals surface area contributed by atoms with Gasteiger partial charge in [-0.2, -0.15) is 0 Å². The largest absolute Gasteiger partial charge is 0.256 e. The van der Waals surface area contributed by atoms with Crippen LogP contribution in [0.25, 0.3) is 33.2 Å². The van der Waals surface area contributed by atoms with E-state index in [1.807, 2.05) is 0 Å². The smallest absolute Gasteiger partial charge is 0.0783 e. The van der Waals surface area contributed by atoms with Crippen molar-refractivity contribution in [2.75, 3.05) is 0 Å². The molecule has 0 atom stereocenters. The molecule has 0 bridgehead atoms. The predicted octanol–water partition coefficient (Wildman–Crippen LogP) is 8.32. The van der Waals surface area contributed by atoms with Crippen LogP contribution in [0.1, 0.15) is 78.2 Å². The lowest BCUT2D eigenvalue weighted by Crippen LogP contribution is -1.99. The Hall–Kier alpha value is -2.93. The van der Waals surface area contributed by atoms with Crippen LogP contribution in [0.5, 0.6) is 0 Å². The third-order valence-electron chi connectivity index (χ3n) is 8.10. The van der Waals surface area contributed by atoms with E-state index in [1.165, 1.54) is 88.4 Å². The van der Waals surface area contributed by atoms with Crippen LogP contribution >= 0.6 is 0 Å². The molecule has 0 amide bonds. The highest BCUT2D eigenvalue weighted by atomic mass is 14.7. The molecule has 1 nitrogen and oxygen atoms in total. The molecule has 7 rings (SSSR count). The van der Waals surface area contributed by atoms with Crippen molar-refractivity contribution in [1.82, 2.24) is 4.98 Å². The van der Waals surface area contributed by atoms with Gasteiger partial charge in [-0.15, -0.1) is 0 Å². The van der Waals surface area contributed by atoms with E-state index in [2.05, 4.69) is 67.7 Å². The summed E-state index contributed by atoms with van der Waals surface area (Å²) in [6.45, 7) is 2.23. The number of aromatic nitrogens is 1. The van der Waals surface area contributed by atoms with Gasteiger partial charge in [0.1, 0.15) is 0 Å². The van der Waals surface area contributed by atoms with E-state index >= 15 is 0 Å². The fourth-order valence-electron chi connectivity index (χ4n) is 6.36. The lowest BCUT2D eigenvalue weighted by atomic mass is 9.88. The molecule has 158 valence electrons. The number of hydrogen-bond acceptors (Lipinski definition) is 1. The predicted molar refractivity (Wildman–Crippen MR) is 133 cm³/mol. The zero-order valence-electron chi connectivity index (χ0n) is 18.8. The molecule has 1 heteroatoms. The van der Waals surface area contributed by atoms with Crippen LogP contribution in [0.15, 0.2) is 60.8 Å². The van der Waals surface area contributed by atoms with Crippen LogP contribution < -0.4 is 0 Å². The molecule has 32 heavy (non-hydrogen) atoms. The molecule has 1 heterocycles. The van der Waals surface area contributed by atoms with Crippen LogP contribution in [0.4, 0.5) is 0 Å². The number of fused-ring (bicyclic) bond motifs is 4. The van der Waals surface area contributed by atoms with Crippen molar-refractivity contribution in [3.63, 3.8) is 0 Å². The zero-order chi connectivity index (χ0) is 21.2. The van der Waals surface area contributed by atoms with Gasteiger partial charge >= 0.3 is 0 Å². The SMILES string of the molecule is Cc1cc2c(c(-c3nccc4c(C5CC5)cc(C5CCCC5)cc34)c1)Cc1ccccc1-2. The summed E-state index contributed by atoms with van der Waals surface area (Å²) in [5, 5.41) is 2.81. The maximum absolute atomic E-state index is 5.05. The number of aryl methyl sites for hydroxylation is 1. The summed E-state index contributed by atoms with van der Waals surface area (Å²) in [6, 6.07) is 21.0. The molecule has 4 aromatic rings. The van der Waals surface area contributed by atoms with Gasteiger partial charge in [-0.3, -0.25) is 4.98 Å². The molecule has 2 fully saturated rings. The maximum atomic E-state index is 5.05. The standard InChI is InChI=1S/C31H29N/c1-19-14-27-24-9-5-4-8-22(24)16-28(27)29(15-19)31-30-18-23(20-6-2-3-7-20)17-26(21-10-11-21)25(30)12-13-32-31/h4-5,8-9,12-15,17-18,20-21H,2-3,6-7,10-11,16H2,1H3. The van der Waals surface area contributed by atoms with E-state index in [-0.39, 0.29) is 0 Å². The molecule has 2 saturated carbocycles. The summed E-state index contributed by atoms with van der Waals surface area (Å²) in [7, 11) is 0. The monoisotopic (exact) mass is 415 g/mol. The van der Waals surface area contributed by atoms with Crippen molar-refractivity contribution in [3.8, 4) is 22.4 Å². The first kappa shape index (κ1) is 18.6. The third kappa shape index (κ3) is 2.87. The van der Waals surface area contributed by atoms with E-state index in [0.717, 1.165) is 18.3 Å². The summed E-state index contributed by atoms with van der Waals surface area (Å²) in [5.41, 5.74) is 12.7. The second kappa shape index (κ2) is 7.04. The van der Waals surface area contributed by atoms with Crippen molar-refractivity contribution in [3.05, 3.63) is 88.6 Å². The molecule has 3 aromatic carbocycles. The molecule has 0 radical (unpaired) electrons. The lowest BCUT2D eigenvalue weighted by Gasteiger charge is -2.18. The number of nitrogens with zero attached hydrogens (tertiary/aromatic N) is 1. The third-order valence-corrected chi connectivity index (χ3v) is 8.10. The van der Waals surface area contributed by atoms with E-state index < -0.39 is 0 Å². The Morgan fingerprint density at radius 2 is 1.56 bits per heavy atom. The second-order valence-electron chi connectivity index (χ2n) is 10.3. The van der Waals surface area contributed by atoms with E-state index in [4.69, 9.17) is 4.98 Å². The Labute approximate surface area is 190 Å². The van der Waals surface area contributed by atoms with E-state index in [1.54, 1.807) is 11.1 Å². The van der Waals surface area contributed by atoms with Gasteiger partial charge in [-0.1, -0.05) is 49.2 Å². The molecule has 1 aromatic heterocycles. The number of benzene rings is 3. The van der Waals surface area contributed by atoms with Crippen molar-refractivity contribution >= 4 is 10.8 Å². The zero-order valence-corrected chi connectivity index (χ0v) is 18.8. The van der Waals surface area contributed by atoms with Crippen LogP contribution in [0.2, 0.25) is 0 Å². The number of hydrogen-bond donors (Lipinski definition) is 0. The summed E-state index contributed by atoms with van der Waals surface area (Å²) in [6.07, 6.45) is 11.2. The van der Waals surface area contributed by atoms with Gasteiger partial charge in [0.25, 0.3) is 0 Å². The maximum Gasteiger partial charge on any atom is 0.0783 e. The molecular formula is C31H29N. The summed E-state index contributed by atoms with van der Waals surface area (Å²) in [4.78, 5) is 5.05. The molecule has 0 spiro atoms. The molecule has 3 aliphatic rings. The first-order valence-electron chi connectivity index (χ1n) is 12.4. The van der Waals surface area contributed by atoms with Crippen molar-refractivity contribution < 1.29 is 0 Å². The Morgan fingerprint density at radius 1 is 0.750 bits per heavy atom. The summed E-state index contributed by atoms with van der Waals surface area (Å²) in [5.74, 6) is 1.49. The topological polar surface area (TPSA) is 12.9 Å². The molecule has 0 saturated heterocycles. The second-order valence-corrected chi connectivity index (χ2v) is 10.3. The summed E-state index contributed by atoms with van der Waals surface area (Å²) < 4.78 is 0. The van der Waals surface area contributed by atoms with Crippen molar-refractivity contribution in [1.29, 1.82) is 0 Å². The highest BCUT2D eigenvalue weighted by molar-refractivity contribution is 5.99. The van der Waals surface area contributed by atoms with Crippen LogP contribution in [0, 0.1) is 6.92 Å². The number of pyridine rings is 1. The van der Waals surface area contributed by atoms with Gasteiger partial charge in [0.05, 0.1) is 5.69 Å². The van der Waals surface area contributed by atoms with Gasteiger partial charge in [0, 0.05) is 17.1 Å². The van der Waals surface area contributed by atoms with Gasteiger partial charge < -0.3 is 0 Å². The normalized spacial score (nSPS) is 17.7. The van der Waals surface area contributed by atoms with Crippen LogP contribution in [0.3, 0.4) is 0 Å². The van der Waals surface area contributed by atoms with Gasteiger partial charge in [0.15, 0.2) is 0 Å². The quantitative estimate of drug-likeness (QED) is 0.289. The Kier molecular flexibility index (Phi) is 4.09. The molecule has 0 unspecified atom stereocenters. The lowest BCUT2D eigenvalue weighted by molar-refractivity contribution is 0.723. The first-order valence-corrected chi connectivity index (χ1v) is 12.4. The Morgan fingerprint density at radius 3 is 2.41 bits per heavy atom. The Bertz CT molecular complexity index is 1370. The average molecular weight is 416 g/mol. The fraction of sp³-hybridized carbons (Fsp3) is 0.323. The Balaban J connectivity index is 1.49. The van der Waals surface area contributed by atoms with Crippen LogP contribution in [-0.2, 0) is 6.42 Å². The van der Waals surface area contributed by atoms with E-state index in [0.29, 0.717) is 0 Å². The minimum atomic E-state index is 0.734. The van der Waals surface area contributed by atoms with Crippen molar-refractivity contribution in [2.24, 2.45) is 0 Å². The molecule has 0 N–H and O–H groups in total. The highest BCUT2D eigenvalue weighted by Crippen LogP contribution is 2.48. The van der Waals surface area contributed by atoms with Crippen molar-refractivity contribution in [2.45, 2.75) is 63.7 Å².